The second-order valence-corrected chi connectivity index (χ2v) is 4.55. The Morgan fingerprint density at radius 3 is 2.65 bits per heavy atom. The molecule has 0 amide bonds. The van der Waals surface area contributed by atoms with Crippen molar-refractivity contribution in [1.82, 2.24) is 0 Å². The lowest BCUT2D eigenvalue weighted by Crippen LogP contribution is -2.31. The van der Waals surface area contributed by atoms with E-state index in [1.165, 1.54) is 6.07 Å². The lowest BCUT2D eigenvalue weighted by molar-refractivity contribution is 0.529. The quantitative estimate of drug-likeness (QED) is 0.791. The van der Waals surface area contributed by atoms with Crippen molar-refractivity contribution >= 4 is 5.69 Å². The Morgan fingerprint density at radius 1 is 1.35 bits per heavy atom. The van der Waals surface area contributed by atoms with Crippen molar-refractivity contribution in [2.75, 3.05) is 24.5 Å². The number of benzene rings is 1. The zero-order valence-corrected chi connectivity index (χ0v) is 10.8. The molecule has 1 aromatic carbocycles. The summed E-state index contributed by atoms with van der Waals surface area (Å²) in [5, 5.41) is 0. The third kappa shape index (κ3) is 4.35. The van der Waals surface area contributed by atoms with Crippen LogP contribution in [0.3, 0.4) is 0 Å². The van der Waals surface area contributed by atoms with Gasteiger partial charge in [0.1, 0.15) is 5.82 Å². The highest BCUT2D eigenvalue weighted by atomic mass is 19.1. The number of anilines is 1. The van der Waals surface area contributed by atoms with Gasteiger partial charge in [-0.05, 0) is 31.0 Å². The molecule has 2 nitrogen and oxygen atoms in total. The molecule has 2 N–H and O–H groups in total. The maximum atomic E-state index is 13.7. The van der Waals surface area contributed by atoms with Crippen molar-refractivity contribution in [3.05, 3.63) is 30.1 Å². The summed E-state index contributed by atoms with van der Waals surface area (Å²) in [4.78, 5) is 2.11. The topological polar surface area (TPSA) is 29.3 Å². The van der Waals surface area contributed by atoms with Gasteiger partial charge in [-0.3, -0.25) is 0 Å². The molecule has 1 rings (SSSR count). The molecule has 0 aliphatic carbocycles. The van der Waals surface area contributed by atoms with Gasteiger partial charge in [0.2, 0.25) is 0 Å². The standard InChI is InChI=1S/C14H23FN2/c1-3-12(2)11-17(10-6-9-16)14-8-5-4-7-13(14)15/h4-5,7-8,12H,3,6,9-11,16H2,1-2H3. The molecule has 1 aromatic rings. The minimum atomic E-state index is -0.146. The maximum Gasteiger partial charge on any atom is 0.146 e. The van der Waals surface area contributed by atoms with Crippen LogP contribution in [0.2, 0.25) is 0 Å². The second kappa shape index (κ2) is 7.28. The summed E-state index contributed by atoms with van der Waals surface area (Å²) in [6, 6.07) is 6.96. The third-order valence-electron chi connectivity index (χ3n) is 3.05. The normalized spacial score (nSPS) is 12.5. The van der Waals surface area contributed by atoms with E-state index in [0.29, 0.717) is 18.2 Å². The van der Waals surface area contributed by atoms with E-state index in [0.717, 1.165) is 25.9 Å². The molecular formula is C14H23FN2. The minimum Gasteiger partial charge on any atom is -0.369 e. The first kappa shape index (κ1) is 14.0. The molecule has 0 fully saturated rings. The van der Waals surface area contributed by atoms with E-state index in [1.807, 2.05) is 12.1 Å². The van der Waals surface area contributed by atoms with Gasteiger partial charge in [-0.1, -0.05) is 32.4 Å². The molecule has 96 valence electrons. The van der Waals surface area contributed by atoms with Gasteiger partial charge in [-0.25, -0.2) is 4.39 Å². The Hall–Kier alpha value is -1.09. The Morgan fingerprint density at radius 2 is 2.06 bits per heavy atom. The first-order valence-corrected chi connectivity index (χ1v) is 6.38. The predicted molar refractivity (Wildman–Crippen MR) is 71.7 cm³/mol. The Balaban J connectivity index is 2.78. The SMILES string of the molecule is CCC(C)CN(CCCN)c1ccccc1F. The lowest BCUT2D eigenvalue weighted by atomic mass is 10.1. The largest absolute Gasteiger partial charge is 0.369 e. The van der Waals surface area contributed by atoms with Crippen LogP contribution < -0.4 is 10.6 Å². The van der Waals surface area contributed by atoms with E-state index in [2.05, 4.69) is 18.7 Å². The van der Waals surface area contributed by atoms with Gasteiger partial charge in [-0.15, -0.1) is 0 Å². The fourth-order valence-electron chi connectivity index (χ4n) is 1.81. The van der Waals surface area contributed by atoms with Crippen molar-refractivity contribution in [1.29, 1.82) is 0 Å². The first-order valence-electron chi connectivity index (χ1n) is 6.38. The van der Waals surface area contributed by atoms with E-state index < -0.39 is 0 Å². The van der Waals surface area contributed by atoms with Crippen LogP contribution in [0.25, 0.3) is 0 Å². The summed E-state index contributed by atoms with van der Waals surface area (Å²) in [5.74, 6) is 0.417. The Bertz CT molecular complexity index is 328. The van der Waals surface area contributed by atoms with Crippen molar-refractivity contribution in [3.63, 3.8) is 0 Å². The van der Waals surface area contributed by atoms with Crippen LogP contribution in [-0.4, -0.2) is 19.6 Å². The van der Waals surface area contributed by atoms with Gasteiger partial charge in [0.25, 0.3) is 0 Å². The van der Waals surface area contributed by atoms with Gasteiger partial charge in [0, 0.05) is 13.1 Å². The van der Waals surface area contributed by atoms with Crippen LogP contribution in [0, 0.1) is 11.7 Å². The molecule has 0 radical (unpaired) electrons. The van der Waals surface area contributed by atoms with Crippen molar-refractivity contribution in [2.45, 2.75) is 26.7 Å². The zero-order chi connectivity index (χ0) is 12.7. The van der Waals surface area contributed by atoms with Crippen LogP contribution in [0.15, 0.2) is 24.3 Å². The smallest absolute Gasteiger partial charge is 0.146 e. The number of hydrogen-bond acceptors (Lipinski definition) is 2. The van der Waals surface area contributed by atoms with Crippen LogP contribution in [0.5, 0.6) is 0 Å². The average molecular weight is 238 g/mol. The molecule has 0 spiro atoms. The van der Waals surface area contributed by atoms with Crippen LogP contribution >= 0.6 is 0 Å². The molecule has 17 heavy (non-hydrogen) atoms. The fourth-order valence-corrected chi connectivity index (χ4v) is 1.81. The van der Waals surface area contributed by atoms with Gasteiger partial charge in [0.05, 0.1) is 5.69 Å². The second-order valence-electron chi connectivity index (χ2n) is 4.55. The molecule has 0 aliphatic rings. The third-order valence-corrected chi connectivity index (χ3v) is 3.05. The van der Waals surface area contributed by atoms with Crippen molar-refractivity contribution < 1.29 is 4.39 Å². The molecule has 0 saturated heterocycles. The van der Waals surface area contributed by atoms with E-state index in [4.69, 9.17) is 5.73 Å². The monoisotopic (exact) mass is 238 g/mol. The predicted octanol–water partition coefficient (Wildman–Crippen LogP) is 3.03. The molecular weight excluding hydrogens is 215 g/mol. The van der Waals surface area contributed by atoms with Gasteiger partial charge < -0.3 is 10.6 Å². The zero-order valence-electron chi connectivity index (χ0n) is 10.8. The number of para-hydroxylation sites is 1. The van der Waals surface area contributed by atoms with E-state index >= 15 is 0 Å². The summed E-state index contributed by atoms with van der Waals surface area (Å²) in [6.07, 6.45) is 2.00. The average Bonchev–Trinajstić information content (AvgIpc) is 2.35. The van der Waals surface area contributed by atoms with Crippen LogP contribution in [0.4, 0.5) is 10.1 Å². The van der Waals surface area contributed by atoms with E-state index in [9.17, 15) is 4.39 Å². The fraction of sp³-hybridized carbons (Fsp3) is 0.571. The molecule has 0 heterocycles. The number of rotatable bonds is 7. The number of halogens is 1. The summed E-state index contributed by atoms with van der Waals surface area (Å²) in [7, 11) is 0. The molecule has 1 unspecified atom stereocenters. The molecule has 3 heteroatoms. The molecule has 0 bridgehead atoms. The van der Waals surface area contributed by atoms with Crippen molar-refractivity contribution in [2.24, 2.45) is 11.7 Å². The lowest BCUT2D eigenvalue weighted by Gasteiger charge is -2.27. The summed E-state index contributed by atoms with van der Waals surface area (Å²) in [6.45, 7) is 6.70. The highest BCUT2D eigenvalue weighted by molar-refractivity contribution is 5.47. The number of nitrogens with two attached hydrogens (primary N) is 1. The highest BCUT2D eigenvalue weighted by Gasteiger charge is 2.12. The van der Waals surface area contributed by atoms with Crippen molar-refractivity contribution in [3.8, 4) is 0 Å². The minimum absolute atomic E-state index is 0.146. The van der Waals surface area contributed by atoms with E-state index in [-0.39, 0.29) is 5.82 Å². The molecule has 0 aliphatic heterocycles. The van der Waals surface area contributed by atoms with Gasteiger partial charge in [0.15, 0.2) is 0 Å². The molecule has 0 aromatic heterocycles. The molecule has 1 atom stereocenters. The van der Waals surface area contributed by atoms with E-state index in [1.54, 1.807) is 6.07 Å². The van der Waals surface area contributed by atoms with Gasteiger partial charge >= 0.3 is 0 Å². The van der Waals surface area contributed by atoms with Crippen LogP contribution in [0.1, 0.15) is 26.7 Å². The van der Waals surface area contributed by atoms with Crippen LogP contribution in [-0.2, 0) is 0 Å². The highest BCUT2D eigenvalue weighted by Crippen LogP contribution is 2.20. The summed E-state index contributed by atoms with van der Waals surface area (Å²) >= 11 is 0. The first-order chi connectivity index (χ1) is 8.19. The number of hydrogen-bond donors (Lipinski definition) is 1. The summed E-state index contributed by atoms with van der Waals surface area (Å²) in [5.41, 5.74) is 6.23. The molecule has 0 saturated carbocycles. The number of nitrogens with zero attached hydrogens (tertiary/aromatic N) is 1. The maximum absolute atomic E-state index is 13.7. The Kier molecular flexibility index (Phi) is 5.98. The summed E-state index contributed by atoms with van der Waals surface area (Å²) < 4.78 is 13.7. The van der Waals surface area contributed by atoms with Gasteiger partial charge in [-0.2, -0.15) is 0 Å². The Labute approximate surface area is 104 Å².